The number of imide groups is 1. The van der Waals surface area contributed by atoms with Crippen molar-refractivity contribution in [3.05, 3.63) is 0 Å². The fourth-order valence-electron chi connectivity index (χ4n) is 4.42. The Morgan fingerprint density at radius 3 is 2.15 bits per heavy atom. The number of nitrogens with one attached hydrogen (secondary N) is 1. The summed E-state index contributed by atoms with van der Waals surface area (Å²) >= 11 is 1.46. The van der Waals surface area contributed by atoms with Gasteiger partial charge in [0.25, 0.3) is 0 Å². The molecular formula is C29H56N2O12P2S. The van der Waals surface area contributed by atoms with Crippen molar-refractivity contribution in [1.29, 1.82) is 0 Å². The molecule has 0 aromatic rings. The summed E-state index contributed by atoms with van der Waals surface area (Å²) in [4.78, 5) is 58.0. The topological polar surface area (TPSA) is 198 Å². The van der Waals surface area contributed by atoms with Crippen molar-refractivity contribution in [3.63, 3.8) is 0 Å². The lowest BCUT2D eigenvalue weighted by atomic mass is 10.0. The second kappa shape index (κ2) is 20.6. The fraction of sp³-hybridized carbons (Fsp3) is 0.897. The number of aliphatic hydroxyl groups is 1. The lowest BCUT2D eigenvalue weighted by Crippen LogP contribution is -2.33. The van der Waals surface area contributed by atoms with Crippen LogP contribution in [0.5, 0.6) is 0 Å². The summed E-state index contributed by atoms with van der Waals surface area (Å²) in [5.74, 6) is -0.248. The SMILES string of the molecule is CC(C)(C)OP(=O)(O)OCCCCCCSC1CC(=O)N(CCCC(=O)NCCCCC(CO)COP(=O)(O)OC(C)(C)C)C1=O. The first-order valence-electron chi connectivity index (χ1n) is 15.9. The third-order valence-electron chi connectivity index (χ3n) is 6.47. The number of carbonyl (C=O) groups is 3. The quantitative estimate of drug-likeness (QED) is 0.0595. The molecule has 1 aliphatic heterocycles. The first-order chi connectivity index (χ1) is 21.2. The summed E-state index contributed by atoms with van der Waals surface area (Å²) in [6.07, 6.45) is 5.64. The van der Waals surface area contributed by atoms with E-state index in [1.54, 1.807) is 41.5 Å². The number of rotatable bonds is 24. The van der Waals surface area contributed by atoms with Gasteiger partial charge < -0.3 is 20.2 Å². The van der Waals surface area contributed by atoms with Gasteiger partial charge in [-0.25, -0.2) is 9.13 Å². The van der Waals surface area contributed by atoms with Crippen LogP contribution in [-0.4, -0.2) is 92.6 Å². The standard InChI is InChI=1S/C29H56N2O12P2S/c1-28(2,3)42-44(36,37)40-18-11-7-8-12-19-46-24-20-26(34)31(27(24)35)17-13-15-25(33)30-16-10-9-14-23(21-32)22-41-45(38,39)43-29(4,5)6/h23-24,32H,7-22H2,1-6H3,(H,30,33)(H,36,37)(H,38,39). The second-order valence-electron chi connectivity index (χ2n) is 13.3. The van der Waals surface area contributed by atoms with Crippen LogP contribution in [0.2, 0.25) is 0 Å². The van der Waals surface area contributed by atoms with Crippen LogP contribution in [0, 0.1) is 5.92 Å². The van der Waals surface area contributed by atoms with Gasteiger partial charge >= 0.3 is 15.6 Å². The van der Waals surface area contributed by atoms with Gasteiger partial charge in [-0.15, -0.1) is 11.8 Å². The maximum absolute atomic E-state index is 12.7. The van der Waals surface area contributed by atoms with Crippen LogP contribution in [0.4, 0.5) is 0 Å². The smallest absolute Gasteiger partial charge is 0.396 e. The van der Waals surface area contributed by atoms with E-state index < -0.39 is 32.1 Å². The Kier molecular flexibility index (Phi) is 19.3. The summed E-state index contributed by atoms with van der Waals surface area (Å²) in [5, 5.41) is 11.9. The molecule has 17 heteroatoms. The highest BCUT2D eigenvalue weighted by Crippen LogP contribution is 2.48. The van der Waals surface area contributed by atoms with Gasteiger partial charge in [-0.05, 0) is 79.4 Å². The Balaban J connectivity index is 2.16. The number of aliphatic hydroxyl groups excluding tert-OH is 1. The van der Waals surface area contributed by atoms with Crippen molar-refractivity contribution in [3.8, 4) is 0 Å². The molecule has 1 aliphatic rings. The van der Waals surface area contributed by atoms with Gasteiger partial charge in [0.15, 0.2) is 0 Å². The lowest BCUT2D eigenvalue weighted by Gasteiger charge is -2.24. The lowest BCUT2D eigenvalue weighted by molar-refractivity contribution is -0.138. The molecule has 3 amide bonds. The van der Waals surface area contributed by atoms with Crippen molar-refractivity contribution in [2.24, 2.45) is 5.92 Å². The molecule has 0 spiro atoms. The maximum atomic E-state index is 12.7. The Morgan fingerprint density at radius 1 is 0.935 bits per heavy atom. The van der Waals surface area contributed by atoms with Crippen LogP contribution in [-0.2, 0) is 41.6 Å². The van der Waals surface area contributed by atoms with E-state index in [0.29, 0.717) is 44.4 Å². The van der Waals surface area contributed by atoms with Gasteiger partial charge in [-0.3, -0.25) is 37.4 Å². The Labute approximate surface area is 278 Å². The van der Waals surface area contributed by atoms with E-state index in [1.807, 2.05) is 0 Å². The number of phosphoric ester groups is 2. The molecule has 4 N–H and O–H groups in total. The Morgan fingerprint density at radius 2 is 1.54 bits per heavy atom. The minimum absolute atomic E-state index is 0.118. The number of hydrogen-bond acceptors (Lipinski definition) is 11. The molecule has 4 atom stereocenters. The molecule has 14 nitrogen and oxygen atoms in total. The largest absolute Gasteiger partial charge is 0.472 e. The monoisotopic (exact) mass is 718 g/mol. The molecule has 0 saturated carbocycles. The van der Waals surface area contributed by atoms with E-state index in [1.165, 1.54) is 16.7 Å². The molecule has 1 heterocycles. The third kappa shape index (κ3) is 20.5. The molecule has 0 aromatic carbocycles. The highest BCUT2D eigenvalue weighted by Gasteiger charge is 2.38. The van der Waals surface area contributed by atoms with Gasteiger partial charge in [-0.1, -0.05) is 19.3 Å². The summed E-state index contributed by atoms with van der Waals surface area (Å²) in [5.41, 5.74) is -1.63. The molecule has 0 aromatic heterocycles. The Hall–Kier alpha value is -0.860. The summed E-state index contributed by atoms with van der Waals surface area (Å²) in [6, 6.07) is 0. The van der Waals surface area contributed by atoms with Gasteiger partial charge in [0.05, 0.1) is 29.7 Å². The number of amides is 3. The molecule has 270 valence electrons. The van der Waals surface area contributed by atoms with E-state index in [-0.39, 0.29) is 62.8 Å². The predicted molar refractivity (Wildman–Crippen MR) is 176 cm³/mol. The molecule has 4 unspecified atom stereocenters. The average Bonchev–Trinajstić information content (AvgIpc) is 3.16. The molecule has 0 aliphatic carbocycles. The van der Waals surface area contributed by atoms with E-state index in [2.05, 4.69) is 5.32 Å². The number of likely N-dealkylation sites (tertiary alicyclic amines) is 1. The van der Waals surface area contributed by atoms with Gasteiger partial charge in [0.2, 0.25) is 17.7 Å². The van der Waals surface area contributed by atoms with Crippen LogP contribution >= 0.6 is 27.4 Å². The van der Waals surface area contributed by atoms with Gasteiger partial charge in [0.1, 0.15) is 0 Å². The zero-order valence-electron chi connectivity index (χ0n) is 28.2. The number of phosphoric acid groups is 2. The van der Waals surface area contributed by atoms with Crippen molar-refractivity contribution in [1.82, 2.24) is 10.2 Å². The first-order valence-corrected chi connectivity index (χ1v) is 20.0. The van der Waals surface area contributed by atoms with Gasteiger partial charge in [0, 0.05) is 38.5 Å². The number of nitrogens with zero attached hydrogens (tertiary/aromatic N) is 1. The molecule has 1 fully saturated rings. The average molecular weight is 719 g/mol. The van der Waals surface area contributed by atoms with Crippen LogP contribution in [0.25, 0.3) is 0 Å². The molecule has 0 radical (unpaired) electrons. The normalized spacial score (nSPS) is 19.2. The summed E-state index contributed by atoms with van der Waals surface area (Å²) in [7, 11) is -8.30. The fourth-order valence-corrected chi connectivity index (χ4v) is 7.86. The van der Waals surface area contributed by atoms with Crippen LogP contribution in [0.1, 0.15) is 106 Å². The first kappa shape index (κ1) is 43.2. The van der Waals surface area contributed by atoms with Crippen LogP contribution < -0.4 is 5.32 Å². The molecule has 1 rings (SSSR count). The van der Waals surface area contributed by atoms with Crippen molar-refractivity contribution in [2.45, 2.75) is 122 Å². The van der Waals surface area contributed by atoms with Crippen molar-refractivity contribution < 1.29 is 56.5 Å². The molecule has 0 bridgehead atoms. The highest BCUT2D eigenvalue weighted by atomic mass is 32.2. The number of hydrogen-bond donors (Lipinski definition) is 4. The van der Waals surface area contributed by atoms with E-state index in [0.717, 1.165) is 19.3 Å². The minimum atomic E-state index is -4.22. The third-order valence-corrected chi connectivity index (χ3v) is 10.3. The maximum Gasteiger partial charge on any atom is 0.472 e. The molecule has 46 heavy (non-hydrogen) atoms. The number of carbonyl (C=O) groups excluding carboxylic acids is 3. The molecular weight excluding hydrogens is 662 g/mol. The summed E-state index contributed by atoms with van der Waals surface area (Å²) in [6.45, 7) is 10.3. The number of unbranched alkanes of at least 4 members (excludes halogenated alkanes) is 4. The second-order valence-corrected chi connectivity index (χ2v) is 17.4. The zero-order chi connectivity index (χ0) is 35.0. The van der Waals surface area contributed by atoms with E-state index >= 15 is 0 Å². The molecule has 1 saturated heterocycles. The van der Waals surface area contributed by atoms with E-state index in [9.17, 15) is 38.4 Å². The van der Waals surface area contributed by atoms with E-state index in [4.69, 9.17) is 18.1 Å². The van der Waals surface area contributed by atoms with Crippen molar-refractivity contribution in [2.75, 3.05) is 38.7 Å². The van der Waals surface area contributed by atoms with Crippen LogP contribution in [0.3, 0.4) is 0 Å². The minimum Gasteiger partial charge on any atom is -0.396 e. The Bertz CT molecular complexity index is 1050. The van der Waals surface area contributed by atoms with Crippen LogP contribution in [0.15, 0.2) is 0 Å². The van der Waals surface area contributed by atoms with Gasteiger partial charge in [-0.2, -0.15) is 0 Å². The number of thioether (sulfide) groups is 1. The summed E-state index contributed by atoms with van der Waals surface area (Å²) < 4.78 is 43.9. The highest BCUT2D eigenvalue weighted by molar-refractivity contribution is 8.00. The van der Waals surface area contributed by atoms with Crippen molar-refractivity contribution >= 4 is 45.1 Å². The predicted octanol–water partition coefficient (Wildman–Crippen LogP) is 4.95. The zero-order valence-corrected chi connectivity index (χ0v) is 30.8.